The monoisotopic (exact) mass is 274 g/mol. The van der Waals surface area contributed by atoms with Crippen LogP contribution in [0, 0.1) is 6.92 Å². The fraction of sp³-hybridized carbons (Fsp3) is 0.632. The predicted molar refractivity (Wildman–Crippen MR) is 87.1 cm³/mol. The molecule has 0 unspecified atom stereocenters. The van der Waals surface area contributed by atoms with Crippen LogP contribution in [0.5, 0.6) is 0 Å². The number of unbranched alkanes of at least 4 members (excludes halogenated alkanes) is 7. The molecule has 0 heterocycles. The molecule has 0 N–H and O–H groups in total. The topological polar surface area (TPSA) is 17.1 Å². The van der Waals surface area contributed by atoms with Crippen LogP contribution in [0.25, 0.3) is 0 Å². The summed E-state index contributed by atoms with van der Waals surface area (Å²) in [4.78, 5) is 11.9. The second-order valence-corrected chi connectivity index (χ2v) is 5.93. The van der Waals surface area contributed by atoms with Crippen LogP contribution in [-0.2, 0) is 11.2 Å². The second-order valence-electron chi connectivity index (χ2n) is 5.93. The zero-order valence-electron chi connectivity index (χ0n) is 13.3. The number of rotatable bonds is 11. The normalized spacial score (nSPS) is 10.7. The molecule has 0 fully saturated rings. The Labute approximate surface area is 124 Å². The van der Waals surface area contributed by atoms with Crippen molar-refractivity contribution in [1.82, 2.24) is 0 Å². The average Bonchev–Trinajstić information content (AvgIpc) is 2.42. The molecule has 1 rings (SSSR count). The van der Waals surface area contributed by atoms with Crippen LogP contribution in [-0.4, -0.2) is 5.78 Å². The van der Waals surface area contributed by atoms with Gasteiger partial charge in [0.05, 0.1) is 0 Å². The number of aryl methyl sites for hydroxylation is 1. The van der Waals surface area contributed by atoms with E-state index >= 15 is 0 Å². The molecule has 112 valence electrons. The number of hydrogen-bond donors (Lipinski definition) is 0. The van der Waals surface area contributed by atoms with Crippen molar-refractivity contribution in [3.05, 3.63) is 35.4 Å². The number of Topliss-reactive ketones (excluding diaryl/α,β-unsaturated/α-hetero) is 1. The van der Waals surface area contributed by atoms with Gasteiger partial charge in [0.25, 0.3) is 0 Å². The van der Waals surface area contributed by atoms with E-state index in [0.717, 1.165) is 18.4 Å². The van der Waals surface area contributed by atoms with Crippen LogP contribution in [0.4, 0.5) is 0 Å². The summed E-state index contributed by atoms with van der Waals surface area (Å²) in [6, 6.07) is 8.28. The SMILES string of the molecule is CCCCCCCCCCC(=O)Cc1cccc(C)c1. The Morgan fingerprint density at radius 2 is 1.60 bits per heavy atom. The number of carbonyl (C=O) groups is 1. The lowest BCUT2D eigenvalue weighted by molar-refractivity contribution is -0.118. The van der Waals surface area contributed by atoms with Crippen molar-refractivity contribution in [2.75, 3.05) is 0 Å². The molecule has 0 radical (unpaired) electrons. The van der Waals surface area contributed by atoms with E-state index < -0.39 is 0 Å². The molecule has 0 aliphatic heterocycles. The van der Waals surface area contributed by atoms with Crippen molar-refractivity contribution in [2.24, 2.45) is 0 Å². The predicted octanol–water partition coefficient (Wildman–Crippen LogP) is 5.64. The van der Waals surface area contributed by atoms with Gasteiger partial charge in [0.1, 0.15) is 5.78 Å². The quantitative estimate of drug-likeness (QED) is 0.477. The van der Waals surface area contributed by atoms with Crippen molar-refractivity contribution in [3.8, 4) is 0 Å². The van der Waals surface area contributed by atoms with Gasteiger partial charge >= 0.3 is 0 Å². The fourth-order valence-corrected chi connectivity index (χ4v) is 2.59. The Morgan fingerprint density at radius 1 is 0.950 bits per heavy atom. The van der Waals surface area contributed by atoms with Gasteiger partial charge in [-0.25, -0.2) is 0 Å². The molecule has 1 aromatic carbocycles. The summed E-state index contributed by atoms with van der Waals surface area (Å²) < 4.78 is 0. The lowest BCUT2D eigenvalue weighted by atomic mass is 10.0. The van der Waals surface area contributed by atoms with Crippen molar-refractivity contribution < 1.29 is 4.79 Å². The lowest BCUT2D eigenvalue weighted by Crippen LogP contribution is -2.02. The first-order valence-electron chi connectivity index (χ1n) is 8.29. The summed E-state index contributed by atoms with van der Waals surface area (Å²) in [7, 11) is 0. The van der Waals surface area contributed by atoms with Crippen molar-refractivity contribution in [2.45, 2.75) is 78.1 Å². The summed E-state index contributed by atoms with van der Waals surface area (Å²) in [6.07, 6.45) is 11.7. The maximum atomic E-state index is 11.9. The molecular weight excluding hydrogens is 244 g/mol. The van der Waals surface area contributed by atoms with Gasteiger partial charge in [-0.3, -0.25) is 4.79 Å². The summed E-state index contributed by atoms with van der Waals surface area (Å²) in [6.45, 7) is 4.33. The maximum Gasteiger partial charge on any atom is 0.137 e. The van der Waals surface area contributed by atoms with Crippen LogP contribution < -0.4 is 0 Å². The molecular formula is C19H30O. The zero-order chi connectivity index (χ0) is 14.6. The van der Waals surface area contributed by atoms with Gasteiger partial charge in [-0.2, -0.15) is 0 Å². The van der Waals surface area contributed by atoms with E-state index in [1.165, 1.54) is 50.5 Å². The van der Waals surface area contributed by atoms with Crippen LogP contribution >= 0.6 is 0 Å². The first-order chi connectivity index (χ1) is 9.72. The van der Waals surface area contributed by atoms with Crippen molar-refractivity contribution >= 4 is 5.78 Å². The van der Waals surface area contributed by atoms with Gasteiger partial charge in [-0.1, -0.05) is 81.7 Å². The van der Waals surface area contributed by atoms with Crippen LogP contribution in [0.2, 0.25) is 0 Å². The summed E-state index contributed by atoms with van der Waals surface area (Å²) in [5.74, 6) is 0.390. The molecule has 1 heteroatoms. The van der Waals surface area contributed by atoms with E-state index in [1.807, 2.05) is 6.07 Å². The minimum Gasteiger partial charge on any atom is -0.299 e. The molecule has 0 atom stereocenters. The highest BCUT2D eigenvalue weighted by atomic mass is 16.1. The zero-order valence-corrected chi connectivity index (χ0v) is 13.3. The molecule has 0 saturated heterocycles. The van der Waals surface area contributed by atoms with E-state index in [2.05, 4.69) is 32.0 Å². The van der Waals surface area contributed by atoms with Gasteiger partial charge in [0, 0.05) is 12.8 Å². The van der Waals surface area contributed by atoms with E-state index in [0.29, 0.717) is 12.2 Å². The average molecular weight is 274 g/mol. The van der Waals surface area contributed by atoms with Gasteiger partial charge in [-0.15, -0.1) is 0 Å². The number of benzene rings is 1. The third-order valence-corrected chi connectivity index (χ3v) is 3.79. The largest absolute Gasteiger partial charge is 0.299 e. The van der Waals surface area contributed by atoms with Crippen LogP contribution in [0.15, 0.2) is 24.3 Å². The molecule has 0 amide bonds. The summed E-state index contributed by atoms with van der Waals surface area (Å²) in [5.41, 5.74) is 2.40. The fourth-order valence-electron chi connectivity index (χ4n) is 2.59. The number of carbonyl (C=O) groups excluding carboxylic acids is 1. The number of ketones is 1. The third kappa shape index (κ3) is 8.14. The second kappa shape index (κ2) is 10.7. The highest BCUT2D eigenvalue weighted by molar-refractivity contribution is 5.80. The minimum atomic E-state index is 0.390. The maximum absolute atomic E-state index is 11.9. The Morgan fingerprint density at radius 3 is 2.25 bits per heavy atom. The summed E-state index contributed by atoms with van der Waals surface area (Å²) in [5, 5.41) is 0. The first-order valence-corrected chi connectivity index (χ1v) is 8.29. The molecule has 0 aliphatic rings. The smallest absolute Gasteiger partial charge is 0.137 e. The van der Waals surface area contributed by atoms with Crippen LogP contribution in [0.3, 0.4) is 0 Å². The minimum absolute atomic E-state index is 0.390. The van der Waals surface area contributed by atoms with Gasteiger partial charge in [0.15, 0.2) is 0 Å². The van der Waals surface area contributed by atoms with Crippen LogP contribution in [0.1, 0.15) is 75.8 Å². The molecule has 0 spiro atoms. The Kier molecular flexibility index (Phi) is 9.02. The highest BCUT2D eigenvalue weighted by Crippen LogP contribution is 2.11. The molecule has 1 nitrogen and oxygen atoms in total. The van der Waals surface area contributed by atoms with E-state index in [-0.39, 0.29) is 0 Å². The summed E-state index contributed by atoms with van der Waals surface area (Å²) >= 11 is 0. The first kappa shape index (κ1) is 16.9. The van der Waals surface area contributed by atoms with E-state index in [1.54, 1.807) is 0 Å². The van der Waals surface area contributed by atoms with Crippen molar-refractivity contribution in [3.63, 3.8) is 0 Å². The highest BCUT2D eigenvalue weighted by Gasteiger charge is 2.03. The standard InChI is InChI=1S/C19H30O/c1-3-4-5-6-7-8-9-10-14-19(20)16-18-13-11-12-17(2)15-18/h11-13,15H,3-10,14,16H2,1-2H3. The Bertz CT molecular complexity index is 381. The van der Waals surface area contributed by atoms with Gasteiger partial charge < -0.3 is 0 Å². The Hall–Kier alpha value is -1.11. The van der Waals surface area contributed by atoms with Gasteiger partial charge in [0.2, 0.25) is 0 Å². The molecule has 20 heavy (non-hydrogen) atoms. The molecule has 0 saturated carbocycles. The molecule has 0 aliphatic carbocycles. The van der Waals surface area contributed by atoms with E-state index in [4.69, 9.17) is 0 Å². The third-order valence-electron chi connectivity index (χ3n) is 3.79. The molecule has 0 bridgehead atoms. The lowest BCUT2D eigenvalue weighted by Gasteiger charge is -2.03. The van der Waals surface area contributed by atoms with Gasteiger partial charge in [-0.05, 0) is 18.9 Å². The number of hydrogen-bond acceptors (Lipinski definition) is 1. The molecule has 0 aromatic heterocycles. The van der Waals surface area contributed by atoms with E-state index in [9.17, 15) is 4.79 Å². The molecule has 1 aromatic rings. The Balaban J connectivity index is 2.03. The van der Waals surface area contributed by atoms with Crippen molar-refractivity contribution in [1.29, 1.82) is 0 Å².